The average Bonchev–Trinajstić information content (AvgIpc) is 2.28. The molecule has 1 aromatic heterocycles. The maximum absolute atomic E-state index is 5.41. The van der Waals surface area contributed by atoms with Gasteiger partial charge in [0.1, 0.15) is 11.6 Å². The van der Waals surface area contributed by atoms with E-state index in [0.29, 0.717) is 18.5 Å². The number of hydrogen-bond donors (Lipinski definition) is 1. The van der Waals surface area contributed by atoms with Crippen LogP contribution in [0.5, 0.6) is 5.88 Å². The van der Waals surface area contributed by atoms with Crippen LogP contribution < -0.4 is 10.1 Å². The van der Waals surface area contributed by atoms with E-state index in [-0.39, 0.29) is 0 Å². The molecule has 0 saturated carbocycles. The van der Waals surface area contributed by atoms with E-state index in [1.54, 1.807) is 0 Å². The topological polar surface area (TPSA) is 47.0 Å². The zero-order valence-corrected chi connectivity index (χ0v) is 11.3. The van der Waals surface area contributed by atoms with E-state index in [4.69, 9.17) is 4.74 Å². The summed E-state index contributed by atoms with van der Waals surface area (Å²) in [5.74, 6) is 2.25. The van der Waals surface area contributed by atoms with Crippen LogP contribution in [-0.2, 0) is 0 Å². The summed E-state index contributed by atoms with van der Waals surface area (Å²) in [5.41, 5.74) is 0. The number of aryl methyl sites for hydroxylation is 1. The predicted octanol–water partition coefficient (Wildman–Crippen LogP) is 3.17. The largest absolute Gasteiger partial charge is 0.478 e. The number of nitrogens with one attached hydrogen (secondary N) is 1. The van der Waals surface area contributed by atoms with Gasteiger partial charge in [-0.3, -0.25) is 0 Å². The van der Waals surface area contributed by atoms with Crippen LogP contribution in [0.4, 0.5) is 5.82 Å². The number of ether oxygens (including phenoxy) is 1. The van der Waals surface area contributed by atoms with E-state index >= 15 is 0 Å². The van der Waals surface area contributed by atoms with Gasteiger partial charge < -0.3 is 10.1 Å². The molecule has 0 bridgehead atoms. The van der Waals surface area contributed by atoms with Gasteiger partial charge in [-0.05, 0) is 26.7 Å². The van der Waals surface area contributed by atoms with Crippen LogP contribution in [0.25, 0.3) is 0 Å². The lowest BCUT2D eigenvalue weighted by Crippen LogP contribution is -2.19. The van der Waals surface area contributed by atoms with E-state index in [0.717, 1.165) is 24.5 Å². The minimum absolute atomic E-state index is 0.476. The molecule has 1 heterocycles. The molecule has 0 aliphatic heterocycles. The summed E-state index contributed by atoms with van der Waals surface area (Å²) in [5, 5.41) is 3.44. The van der Waals surface area contributed by atoms with Crippen molar-refractivity contribution in [1.29, 1.82) is 0 Å². The lowest BCUT2D eigenvalue weighted by atomic mass is 10.1. The van der Waals surface area contributed by atoms with Gasteiger partial charge in [0.15, 0.2) is 0 Å². The van der Waals surface area contributed by atoms with Gasteiger partial charge in [-0.25, -0.2) is 4.98 Å². The molecule has 4 heteroatoms. The van der Waals surface area contributed by atoms with Crippen molar-refractivity contribution in [3.8, 4) is 5.88 Å². The molecule has 4 nitrogen and oxygen atoms in total. The highest BCUT2D eigenvalue weighted by Crippen LogP contribution is 2.16. The standard InChI is InChI=1S/C13H23N3O/c1-5-8-11(6-2)16-12-9-13(17-7-3)15-10(4)14-12/h9,11H,5-8H2,1-4H3,(H,14,15,16). The quantitative estimate of drug-likeness (QED) is 0.791. The van der Waals surface area contributed by atoms with Crippen LogP contribution in [0.2, 0.25) is 0 Å². The smallest absolute Gasteiger partial charge is 0.218 e. The summed E-state index contributed by atoms with van der Waals surface area (Å²) < 4.78 is 5.41. The Morgan fingerprint density at radius 1 is 1.29 bits per heavy atom. The fraction of sp³-hybridized carbons (Fsp3) is 0.692. The lowest BCUT2D eigenvalue weighted by Gasteiger charge is -2.17. The molecule has 0 aromatic carbocycles. The van der Waals surface area contributed by atoms with E-state index in [9.17, 15) is 0 Å². The van der Waals surface area contributed by atoms with Crippen LogP contribution >= 0.6 is 0 Å². The first-order valence-electron chi connectivity index (χ1n) is 6.44. The van der Waals surface area contributed by atoms with Gasteiger partial charge in [0.25, 0.3) is 0 Å². The Balaban J connectivity index is 2.75. The van der Waals surface area contributed by atoms with E-state index in [2.05, 4.69) is 29.1 Å². The first-order chi connectivity index (χ1) is 8.19. The fourth-order valence-electron chi connectivity index (χ4n) is 1.77. The van der Waals surface area contributed by atoms with Crippen LogP contribution in [0.1, 0.15) is 45.9 Å². The number of aromatic nitrogens is 2. The maximum atomic E-state index is 5.41. The average molecular weight is 237 g/mol. The monoisotopic (exact) mass is 237 g/mol. The van der Waals surface area contributed by atoms with Crippen molar-refractivity contribution in [1.82, 2.24) is 9.97 Å². The first-order valence-corrected chi connectivity index (χ1v) is 6.44. The van der Waals surface area contributed by atoms with E-state index < -0.39 is 0 Å². The second kappa shape index (κ2) is 7.09. The Morgan fingerprint density at radius 3 is 2.65 bits per heavy atom. The molecule has 1 N–H and O–H groups in total. The molecule has 0 aliphatic carbocycles. The Hall–Kier alpha value is -1.32. The summed E-state index contributed by atoms with van der Waals surface area (Å²) >= 11 is 0. The summed E-state index contributed by atoms with van der Waals surface area (Å²) in [6.45, 7) is 8.85. The molecule has 0 aliphatic rings. The third-order valence-electron chi connectivity index (χ3n) is 2.59. The van der Waals surface area contributed by atoms with Gasteiger partial charge in [0.2, 0.25) is 5.88 Å². The summed E-state index contributed by atoms with van der Waals surface area (Å²) in [4.78, 5) is 8.61. The molecule has 1 unspecified atom stereocenters. The van der Waals surface area contributed by atoms with Crippen molar-refractivity contribution in [2.24, 2.45) is 0 Å². The Kier molecular flexibility index (Phi) is 5.73. The van der Waals surface area contributed by atoms with Crippen molar-refractivity contribution >= 4 is 5.82 Å². The summed E-state index contributed by atoms with van der Waals surface area (Å²) in [6, 6.07) is 2.35. The van der Waals surface area contributed by atoms with Crippen LogP contribution in [-0.4, -0.2) is 22.6 Å². The van der Waals surface area contributed by atoms with Gasteiger partial charge >= 0.3 is 0 Å². The third-order valence-corrected chi connectivity index (χ3v) is 2.59. The van der Waals surface area contributed by atoms with Gasteiger partial charge in [-0.15, -0.1) is 0 Å². The Labute approximate surface area is 104 Å². The Bertz CT molecular complexity index is 341. The third kappa shape index (κ3) is 4.59. The number of hydrogen-bond acceptors (Lipinski definition) is 4. The zero-order valence-electron chi connectivity index (χ0n) is 11.3. The molecule has 1 rings (SSSR count). The molecule has 0 amide bonds. The molecule has 0 saturated heterocycles. The summed E-state index contributed by atoms with van der Waals surface area (Å²) in [7, 11) is 0. The minimum Gasteiger partial charge on any atom is -0.478 e. The lowest BCUT2D eigenvalue weighted by molar-refractivity contribution is 0.325. The molecule has 0 radical (unpaired) electrons. The van der Waals surface area contributed by atoms with Crippen molar-refractivity contribution in [2.45, 2.75) is 53.0 Å². The van der Waals surface area contributed by atoms with Gasteiger partial charge in [-0.1, -0.05) is 20.3 Å². The molecular weight excluding hydrogens is 214 g/mol. The van der Waals surface area contributed by atoms with Crippen molar-refractivity contribution < 1.29 is 4.74 Å². The highest BCUT2D eigenvalue weighted by molar-refractivity contribution is 5.39. The molecule has 1 aromatic rings. The summed E-state index contributed by atoms with van der Waals surface area (Å²) in [6.07, 6.45) is 3.43. The van der Waals surface area contributed by atoms with Gasteiger partial charge in [0.05, 0.1) is 6.61 Å². The number of rotatable bonds is 7. The maximum Gasteiger partial charge on any atom is 0.218 e. The molecule has 0 spiro atoms. The second-order valence-electron chi connectivity index (χ2n) is 4.11. The first kappa shape index (κ1) is 13.7. The second-order valence-corrected chi connectivity index (χ2v) is 4.11. The van der Waals surface area contributed by atoms with Gasteiger partial charge in [-0.2, -0.15) is 4.98 Å². The zero-order chi connectivity index (χ0) is 12.7. The van der Waals surface area contributed by atoms with Crippen molar-refractivity contribution in [2.75, 3.05) is 11.9 Å². The number of nitrogens with zero attached hydrogens (tertiary/aromatic N) is 2. The fourth-order valence-corrected chi connectivity index (χ4v) is 1.77. The normalized spacial score (nSPS) is 12.2. The van der Waals surface area contributed by atoms with Crippen molar-refractivity contribution in [3.05, 3.63) is 11.9 Å². The van der Waals surface area contributed by atoms with Gasteiger partial charge in [0, 0.05) is 12.1 Å². The predicted molar refractivity (Wildman–Crippen MR) is 70.5 cm³/mol. The highest BCUT2D eigenvalue weighted by atomic mass is 16.5. The van der Waals surface area contributed by atoms with E-state index in [1.807, 2.05) is 19.9 Å². The van der Waals surface area contributed by atoms with Crippen LogP contribution in [0.3, 0.4) is 0 Å². The van der Waals surface area contributed by atoms with E-state index in [1.165, 1.54) is 6.42 Å². The molecule has 17 heavy (non-hydrogen) atoms. The molecule has 96 valence electrons. The van der Waals surface area contributed by atoms with Crippen LogP contribution in [0, 0.1) is 6.92 Å². The highest BCUT2D eigenvalue weighted by Gasteiger charge is 2.08. The minimum atomic E-state index is 0.476. The molecule has 1 atom stereocenters. The van der Waals surface area contributed by atoms with Crippen LogP contribution in [0.15, 0.2) is 6.07 Å². The molecule has 0 fully saturated rings. The molecular formula is C13H23N3O. The number of anilines is 1. The Morgan fingerprint density at radius 2 is 2.06 bits per heavy atom. The SMILES string of the molecule is CCCC(CC)Nc1cc(OCC)nc(C)n1. The van der Waals surface area contributed by atoms with Crippen molar-refractivity contribution in [3.63, 3.8) is 0 Å².